The molecule has 0 bridgehead atoms. The first-order chi connectivity index (χ1) is 13.1. The first-order valence-corrected chi connectivity index (χ1v) is 8.73. The summed E-state index contributed by atoms with van der Waals surface area (Å²) >= 11 is 0. The van der Waals surface area contributed by atoms with Crippen molar-refractivity contribution in [3.05, 3.63) is 35.1 Å². The molecule has 2 fully saturated rings. The van der Waals surface area contributed by atoms with E-state index >= 15 is 0 Å². The molecule has 10 heteroatoms. The number of hydrogen-bond donors (Lipinski definition) is 3. The van der Waals surface area contributed by atoms with Crippen LogP contribution in [0.1, 0.15) is 48.6 Å². The maximum absolute atomic E-state index is 14.1. The number of benzene rings is 1. The minimum absolute atomic E-state index is 0.196. The number of carbonyl (C=O) groups is 3. The molecule has 3 N–H and O–H groups in total. The van der Waals surface area contributed by atoms with E-state index in [0.29, 0.717) is 18.4 Å². The predicted molar refractivity (Wildman–Crippen MR) is 90.1 cm³/mol. The highest BCUT2D eigenvalue weighted by Gasteiger charge is 2.38. The summed E-state index contributed by atoms with van der Waals surface area (Å²) in [5, 5.41) is 12.8. The Labute approximate surface area is 158 Å². The molecule has 0 aromatic heterocycles. The van der Waals surface area contributed by atoms with Crippen LogP contribution in [0.2, 0.25) is 0 Å². The van der Waals surface area contributed by atoms with Crippen LogP contribution in [0.4, 0.5) is 17.6 Å². The van der Waals surface area contributed by atoms with Crippen molar-refractivity contribution in [2.75, 3.05) is 13.1 Å². The number of rotatable bonds is 2. The number of amides is 2. The van der Waals surface area contributed by atoms with Crippen LogP contribution in [0.5, 0.6) is 0 Å². The van der Waals surface area contributed by atoms with Crippen LogP contribution in [-0.2, 0) is 14.4 Å². The van der Waals surface area contributed by atoms with E-state index in [2.05, 4.69) is 10.6 Å². The van der Waals surface area contributed by atoms with Gasteiger partial charge in [0.05, 0.1) is 5.92 Å². The van der Waals surface area contributed by atoms with Crippen molar-refractivity contribution in [3.63, 3.8) is 0 Å². The zero-order valence-corrected chi connectivity index (χ0v) is 14.8. The molecule has 6 nitrogen and oxygen atoms in total. The highest BCUT2D eigenvalue weighted by atomic mass is 19.4. The second-order valence-electron chi connectivity index (χ2n) is 6.61. The summed E-state index contributed by atoms with van der Waals surface area (Å²) in [4.78, 5) is 32.1. The fourth-order valence-electron chi connectivity index (χ4n) is 3.24. The van der Waals surface area contributed by atoms with Crippen molar-refractivity contribution >= 4 is 17.8 Å². The summed E-state index contributed by atoms with van der Waals surface area (Å²) in [7, 11) is 0. The van der Waals surface area contributed by atoms with E-state index in [1.54, 1.807) is 6.07 Å². The Kier molecular flexibility index (Phi) is 7.11. The van der Waals surface area contributed by atoms with Gasteiger partial charge in [0, 0.05) is 6.42 Å². The molecule has 28 heavy (non-hydrogen) atoms. The fourth-order valence-corrected chi connectivity index (χ4v) is 3.24. The van der Waals surface area contributed by atoms with Gasteiger partial charge in [-0.1, -0.05) is 12.1 Å². The lowest BCUT2D eigenvalue weighted by atomic mass is 9.84. The molecule has 3 rings (SSSR count). The molecule has 0 spiro atoms. The quantitative estimate of drug-likeness (QED) is 0.520. The van der Waals surface area contributed by atoms with Crippen LogP contribution in [0.15, 0.2) is 18.2 Å². The molecular formula is C18H20F4N2O4. The maximum Gasteiger partial charge on any atom is 0.490 e. The molecule has 0 radical (unpaired) electrons. The average Bonchev–Trinajstić information content (AvgIpc) is 2.63. The van der Waals surface area contributed by atoms with Gasteiger partial charge < -0.3 is 10.4 Å². The minimum atomic E-state index is -5.08. The Balaban J connectivity index is 0.000000345. The molecular weight excluding hydrogens is 384 g/mol. The molecule has 154 valence electrons. The van der Waals surface area contributed by atoms with Gasteiger partial charge in [-0.25, -0.2) is 9.18 Å². The third kappa shape index (κ3) is 5.75. The lowest BCUT2D eigenvalue weighted by Crippen LogP contribution is -2.39. The van der Waals surface area contributed by atoms with Crippen molar-refractivity contribution in [1.82, 2.24) is 10.6 Å². The van der Waals surface area contributed by atoms with Gasteiger partial charge in [0.2, 0.25) is 11.8 Å². The van der Waals surface area contributed by atoms with Crippen LogP contribution in [0.25, 0.3) is 0 Å². The highest BCUT2D eigenvalue weighted by Crippen LogP contribution is 2.32. The van der Waals surface area contributed by atoms with Crippen molar-refractivity contribution in [1.29, 1.82) is 0 Å². The number of hydrogen-bond acceptors (Lipinski definition) is 4. The van der Waals surface area contributed by atoms with E-state index in [0.717, 1.165) is 31.5 Å². The van der Waals surface area contributed by atoms with E-state index in [-0.39, 0.29) is 29.5 Å². The van der Waals surface area contributed by atoms with Crippen LogP contribution in [0.3, 0.4) is 0 Å². The first kappa shape index (κ1) is 21.8. The van der Waals surface area contributed by atoms with Gasteiger partial charge in [-0.05, 0) is 55.5 Å². The maximum atomic E-state index is 14.1. The smallest absolute Gasteiger partial charge is 0.475 e. The Morgan fingerprint density at radius 1 is 1.11 bits per heavy atom. The van der Waals surface area contributed by atoms with Crippen LogP contribution >= 0.6 is 0 Å². The SMILES string of the molecule is O=C(O)C(F)(F)F.O=C1CCC(c2ccc(F)c(C3CCNCC3)c2)C(=O)N1. The number of piperidine rings is 2. The summed E-state index contributed by atoms with van der Waals surface area (Å²) in [6.07, 6.45) is -2.41. The Hall–Kier alpha value is -2.49. The Morgan fingerprint density at radius 3 is 2.25 bits per heavy atom. The third-order valence-corrected chi connectivity index (χ3v) is 4.68. The summed E-state index contributed by atoms with van der Waals surface area (Å²) < 4.78 is 45.8. The molecule has 1 unspecified atom stereocenters. The summed E-state index contributed by atoms with van der Waals surface area (Å²) in [5.74, 6) is -3.58. The van der Waals surface area contributed by atoms with E-state index in [1.807, 2.05) is 6.07 Å². The topological polar surface area (TPSA) is 95.5 Å². The monoisotopic (exact) mass is 404 g/mol. The fraction of sp³-hybridized carbons (Fsp3) is 0.500. The van der Waals surface area contributed by atoms with E-state index < -0.39 is 12.1 Å². The number of imide groups is 1. The van der Waals surface area contributed by atoms with Crippen LogP contribution in [0, 0.1) is 5.82 Å². The van der Waals surface area contributed by atoms with Gasteiger partial charge in [0.25, 0.3) is 0 Å². The molecule has 2 heterocycles. The molecule has 2 saturated heterocycles. The lowest BCUT2D eigenvalue weighted by Gasteiger charge is -2.26. The molecule has 0 aliphatic carbocycles. The number of carboxylic acids is 1. The number of nitrogens with one attached hydrogen (secondary N) is 2. The second kappa shape index (κ2) is 9.13. The molecule has 1 aromatic rings. The number of carboxylic acid groups (broad SMARTS) is 1. The zero-order valence-electron chi connectivity index (χ0n) is 14.8. The minimum Gasteiger partial charge on any atom is -0.475 e. The summed E-state index contributed by atoms with van der Waals surface area (Å²) in [6, 6.07) is 4.95. The van der Waals surface area contributed by atoms with Gasteiger partial charge in [0.15, 0.2) is 0 Å². The molecule has 1 aromatic carbocycles. The molecule has 2 aliphatic heterocycles. The van der Waals surface area contributed by atoms with E-state index in [9.17, 15) is 27.2 Å². The largest absolute Gasteiger partial charge is 0.490 e. The predicted octanol–water partition coefficient (Wildman–Crippen LogP) is 2.45. The van der Waals surface area contributed by atoms with E-state index in [1.165, 1.54) is 6.07 Å². The molecule has 1 atom stereocenters. The van der Waals surface area contributed by atoms with Crippen LogP contribution in [-0.4, -0.2) is 42.2 Å². The van der Waals surface area contributed by atoms with Crippen LogP contribution < -0.4 is 10.6 Å². The Morgan fingerprint density at radius 2 is 1.71 bits per heavy atom. The molecule has 2 aliphatic rings. The lowest BCUT2D eigenvalue weighted by molar-refractivity contribution is -0.192. The Bertz CT molecular complexity index is 746. The van der Waals surface area contributed by atoms with Crippen molar-refractivity contribution in [2.24, 2.45) is 0 Å². The normalized spacial score (nSPS) is 20.8. The van der Waals surface area contributed by atoms with Crippen molar-refractivity contribution < 1.29 is 37.1 Å². The average molecular weight is 404 g/mol. The number of aliphatic carboxylic acids is 1. The molecule has 2 amide bonds. The highest BCUT2D eigenvalue weighted by molar-refractivity contribution is 6.00. The standard InChI is InChI=1S/C16H19FN2O2.C2HF3O2/c17-14-3-1-11(12-2-4-15(20)19-16(12)21)9-13(14)10-5-7-18-8-6-10;3-2(4,5)1(6)7/h1,3,9-10,12,18H,2,4-8H2,(H,19,20,21);(H,6,7). The number of carbonyl (C=O) groups excluding carboxylic acids is 2. The van der Waals surface area contributed by atoms with E-state index in [4.69, 9.17) is 9.90 Å². The number of alkyl halides is 3. The van der Waals surface area contributed by atoms with Gasteiger partial charge in [-0.2, -0.15) is 13.2 Å². The number of halogens is 4. The van der Waals surface area contributed by atoms with Crippen molar-refractivity contribution in [3.8, 4) is 0 Å². The summed E-state index contributed by atoms with van der Waals surface area (Å²) in [5.41, 5.74) is 1.52. The molecule has 0 saturated carbocycles. The van der Waals surface area contributed by atoms with Gasteiger partial charge in [-0.15, -0.1) is 0 Å². The second-order valence-corrected chi connectivity index (χ2v) is 6.61. The zero-order chi connectivity index (χ0) is 20.9. The third-order valence-electron chi connectivity index (χ3n) is 4.68. The van der Waals surface area contributed by atoms with Crippen molar-refractivity contribution in [2.45, 2.75) is 43.7 Å². The summed E-state index contributed by atoms with van der Waals surface area (Å²) in [6.45, 7) is 1.79. The van der Waals surface area contributed by atoms with Gasteiger partial charge >= 0.3 is 12.1 Å². The van der Waals surface area contributed by atoms with Gasteiger partial charge in [0.1, 0.15) is 5.82 Å². The first-order valence-electron chi connectivity index (χ1n) is 8.73. The van der Waals surface area contributed by atoms with Gasteiger partial charge in [-0.3, -0.25) is 14.9 Å².